The standard InChI is InChI=1S/C31H37F3N4O3S/c1-3-21(2)35-20-22-9-10-24-17-26(12-11-23(24)16-22)36-30(39)19-29-28-8-5-13-37(28)14-15-38(29)42(40,41)27-7-4-6-25(18-27)31(32,33)34/h4-10,13,16,18,21,26,29,35H,3,11-12,14-15,17,19-20H2,1-2H3,(H,36,39). The van der Waals surface area contributed by atoms with Gasteiger partial charge in [-0.05, 0) is 79.6 Å². The van der Waals surface area contributed by atoms with Crippen molar-refractivity contribution in [3.05, 3.63) is 88.7 Å². The molecule has 1 aliphatic carbocycles. The van der Waals surface area contributed by atoms with Crippen LogP contribution in [0.25, 0.3) is 0 Å². The van der Waals surface area contributed by atoms with Crippen LogP contribution in [0.4, 0.5) is 13.2 Å². The summed E-state index contributed by atoms with van der Waals surface area (Å²) in [5.41, 5.74) is 3.32. The summed E-state index contributed by atoms with van der Waals surface area (Å²) < 4.78 is 70.4. The highest BCUT2D eigenvalue weighted by atomic mass is 32.2. The predicted molar refractivity (Wildman–Crippen MR) is 154 cm³/mol. The van der Waals surface area contributed by atoms with Gasteiger partial charge < -0.3 is 15.2 Å². The van der Waals surface area contributed by atoms with E-state index >= 15 is 0 Å². The number of fused-ring (bicyclic) bond motifs is 2. The molecule has 1 amide bonds. The van der Waals surface area contributed by atoms with Crippen LogP contribution >= 0.6 is 0 Å². The summed E-state index contributed by atoms with van der Waals surface area (Å²) in [5.74, 6) is -0.290. The van der Waals surface area contributed by atoms with E-state index in [0.717, 1.165) is 37.9 Å². The number of halogens is 3. The zero-order valence-corrected chi connectivity index (χ0v) is 24.6. The quantitative estimate of drug-likeness (QED) is 0.353. The minimum Gasteiger partial charge on any atom is -0.353 e. The van der Waals surface area contributed by atoms with Gasteiger partial charge in [-0.3, -0.25) is 4.79 Å². The lowest BCUT2D eigenvalue weighted by atomic mass is 9.87. The van der Waals surface area contributed by atoms with E-state index in [1.54, 1.807) is 12.1 Å². The Kier molecular flexibility index (Phi) is 8.82. The van der Waals surface area contributed by atoms with Crippen LogP contribution in [0.5, 0.6) is 0 Å². The summed E-state index contributed by atoms with van der Waals surface area (Å²) in [7, 11) is -4.31. The first-order valence-electron chi connectivity index (χ1n) is 14.4. The molecule has 3 atom stereocenters. The van der Waals surface area contributed by atoms with Gasteiger partial charge >= 0.3 is 6.18 Å². The number of rotatable bonds is 9. The molecule has 0 radical (unpaired) electrons. The van der Waals surface area contributed by atoms with Gasteiger partial charge in [0, 0.05) is 50.0 Å². The Hall–Kier alpha value is -3.15. The highest BCUT2D eigenvalue weighted by Gasteiger charge is 2.39. The number of alkyl halides is 3. The van der Waals surface area contributed by atoms with Crippen LogP contribution in [-0.4, -0.2) is 41.8 Å². The van der Waals surface area contributed by atoms with Gasteiger partial charge in [-0.1, -0.05) is 31.2 Å². The van der Waals surface area contributed by atoms with E-state index in [4.69, 9.17) is 0 Å². The van der Waals surface area contributed by atoms with Crippen LogP contribution in [0.1, 0.15) is 67.1 Å². The van der Waals surface area contributed by atoms with Crippen molar-refractivity contribution < 1.29 is 26.4 Å². The molecule has 7 nitrogen and oxygen atoms in total. The van der Waals surface area contributed by atoms with Crippen molar-refractivity contribution in [2.24, 2.45) is 0 Å². The van der Waals surface area contributed by atoms with Crippen LogP contribution in [0.15, 0.2) is 65.7 Å². The number of hydrogen-bond acceptors (Lipinski definition) is 4. The molecular weight excluding hydrogens is 565 g/mol. The van der Waals surface area contributed by atoms with E-state index < -0.39 is 32.7 Å². The fourth-order valence-corrected chi connectivity index (χ4v) is 7.48. The predicted octanol–water partition coefficient (Wildman–Crippen LogP) is 5.20. The molecule has 42 heavy (non-hydrogen) atoms. The molecule has 0 saturated heterocycles. The van der Waals surface area contributed by atoms with Gasteiger partial charge in [0.1, 0.15) is 0 Å². The monoisotopic (exact) mass is 602 g/mol. The molecule has 5 rings (SSSR count). The van der Waals surface area contributed by atoms with Gasteiger partial charge in [0.25, 0.3) is 0 Å². The summed E-state index contributed by atoms with van der Waals surface area (Å²) >= 11 is 0. The highest BCUT2D eigenvalue weighted by Crippen LogP contribution is 2.36. The zero-order valence-electron chi connectivity index (χ0n) is 23.8. The number of carbonyl (C=O) groups is 1. The van der Waals surface area contributed by atoms with Crippen molar-refractivity contribution in [2.75, 3.05) is 6.54 Å². The Morgan fingerprint density at radius 2 is 1.88 bits per heavy atom. The second kappa shape index (κ2) is 12.2. The normalized spacial score (nSPS) is 20.0. The van der Waals surface area contributed by atoms with Gasteiger partial charge in [0.2, 0.25) is 15.9 Å². The molecular formula is C31H37F3N4O3S. The molecule has 3 unspecified atom stereocenters. The number of aryl methyl sites for hydroxylation is 1. The van der Waals surface area contributed by atoms with Crippen LogP contribution in [-0.2, 0) is 46.9 Å². The van der Waals surface area contributed by atoms with Crippen molar-refractivity contribution in [1.29, 1.82) is 0 Å². The number of aromatic nitrogens is 1. The minimum atomic E-state index is -4.67. The second-order valence-corrected chi connectivity index (χ2v) is 13.2. The first-order valence-corrected chi connectivity index (χ1v) is 15.9. The van der Waals surface area contributed by atoms with Gasteiger partial charge in [-0.15, -0.1) is 0 Å². The minimum absolute atomic E-state index is 0.0449. The van der Waals surface area contributed by atoms with Crippen molar-refractivity contribution in [3.8, 4) is 0 Å². The Morgan fingerprint density at radius 1 is 1.07 bits per heavy atom. The Balaban J connectivity index is 1.29. The lowest BCUT2D eigenvalue weighted by Gasteiger charge is -2.36. The third-order valence-corrected chi connectivity index (χ3v) is 10.3. The lowest BCUT2D eigenvalue weighted by molar-refractivity contribution is -0.137. The molecule has 2 aliphatic rings. The summed E-state index contributed by atoms with van der Waals surface area (Å²) in [6.45, 7) is 5.51. The van der Waals surface area contributed by atoms with Gasteiger partial charge in [-0.2, -0.15) is 17.5 Å². The van der Waals surface area contributed by atoms with E-state index in [1.165, 1.54) is 27.1 Å². The fourth-order valence-electron chi connectivity index (χ4n) is 5.85. The summed E-state index contributed by atoms with van der Waals surface area (Å²) in [6.07, 6.45) is 0.368. The molecule has 1 aliphatic heterocycles. The van der Waals surface area contributed by atoms with Gasteiger partial charge in [0.15, 0.2) is 0 Å². The Labute approximate surface area is 245 Å². The van der Waals surface area contributed by atoms with Crippen LogP contribution in [0, 0.1) is 0 Å². The van der Waals surface area contributed by atoms with Crippen LogP contribution < -0.4 is 10.6 Å². The maximum atomic E-state index is 13.7. The molecule has 0 fully saturated rings. The van der Waals surface area contributed by atoms with Gasteiger partial charge in [0.05, 0.1) is 16.5 Å². The zero-order chi connectivity index (χ0) is 30.1. The third-order valence-electron chi connectivity index (χ3n) is 8.39. The fraction of sp³-hybridized carbons (Fsp3) is 0.452. The maximum Gasteiger partial charge on any atom is 0.416 e. The highest BCUT2D eigenvalue weighted by molar-refractivity contribution is 7.89. The first-order chi connectivity index (χ1) is 20.0. The van der Waals surface area contributed by atoms with Gasteiger partial charge in [-0.25, -0.2) is 8.42 Å². The average molecular weight is 603 g/mol. The van der Waals surface area contributed by atoms with E-state index in [0.29, 0.717) is 30.8 Å². The van der Waals surface area contributed by atoms with E-state index in [-0.39, 0.29) is 24.9 Å². The third kappa shape index (κ3) is 6.58. The molecule has 2 N–H and O–H groups in total. The van der Waals surface area contributed by atoms with E-state index in [1.807, 2.05) is 10.8 Å². The molecule has 0 bridgehead atoms. The molecule has 0 saturated carbocycles. The van der Waals surface area contributed by atoms with Crippen molar-refractivity contribution in [1.82, 2.24) is 19.5 Å². The number of hydrogen-bond donors (Lipinski definition) is 2. The van der Waals surface area contributed by atoms with Crippen molar-refractivity contribution >= 4 is 15.9 Å². The topological polar surface area (TPSA) is 83.4 Å². The Morgan fingerprint density at radius 3 is 2.64 bits per heavy atom. The van der Waals surface area contributed by atoms with Crippen molar-refractivity contribution in [2.45, 2.75) is 88.2 Å². The van der Waals surface area contributed by atoms with E-state index in [2.05, 4.69) is 42.7 Å². The molecule has 2 heterocycles. The summed E-state index contributed by atoms with van der Waals surface area (Å²) in [4.78, 5) is 12.9. The largest absolute Gasteiger partial charge is 0.416 e. The summed E-state index contributed by atoms with van der Waals surface area (Å²) in [5, 5.41) is 6.61. The number of nitrogens with zero attached hydrogens (tertiary/aromatic N) is 2. The maximum absolute atomic E-state index is 13.7. The molecule has 1 aromatic heterocycles. The summed E-state index contributed by atoms with van der Waals surface area (Å²) in [6, 6.07) is 13.3. The number of sulfonamides is 1. The molecule has 226 valence electrons. The molecule has 0 spiro atoms. The molecule has 11 heteroatoms. The number of amides is 1. The smallest absolute Gasteiger partial charge is 0.353 e. The second-order valence-electron chi connectivity index (χ2n) is 11.3. The Bertz CT molecular complexity index is 1540. The van der Waals surface area contributed by atoms with Crippen molar-refractivity contribution in [3.63, 3.8) is 0 Å². The van der Waals surface area contributed by atoms with Crippen LogP contribution in [0.2, 0.25) is 0 Å². The van der Waals surface area contributed by atoms with Crippen LogP contribution in [0.3, 0.4) is 0 Å². The SMILES string of the molecule is CCC(C)NCc1ccc2c(c1)CCC(NC(=O)CC1c3cccn3CCN1S(=O)(=O)c1cccc(C(F)(F)F)c1)C2. The number of nitrogens with one attached hydrogen (secondary N) is 2. The average Bonchev–Trinajstić information content (AvgIpc) is 3.45. The van der Waals surface area contributed by atoms with E-state index in [9.17, 15) is 26.4 Å². The lowest BCUT2D eigenvalue weighted by Crippen LogP contribution is -2.45. The molecule has 2 aromatic carbocycles. The number of carbonyl (C=O) groups excluding carboxylic acids is 1. The first kappa shape index (κ1) is 30.3. The molecule has 3 aromatic rings. The number of benzene rings is 2.